The quantitative estimate of drug-likeness (QED) is 0.639. The summed E-state index contributed by atoms with van der Waals surface area (Å²) in [6.45, 7) is 6.90. The van der Waals surface area contributed by atoms with Crippen molar-refractivity contribution in [3.8, 4) is 0 Å². The van der Waals surface area contributed by atoms with Crippen LogP contribution in [0.15, 0.2) is 53.4 Å². The van der Waals surface area contributed by atoms with Gasteiger partial charge in [0.05, 0.1) is 4.90 Å². The number of anilines is 1. The van der Waals surface area contributed by atoms with Crippen molar-refractivity contribution in [2.45, 2.75) is 63.3 Å². The van der Waals surface area contributed by atoms with Crippen LogP contribution in [0.3, 0.4) is 0 Å². The summed E-state index contributed by atoms with van der Waals surface area (Å²) in [4.78, 5) is 24.8. The first kappa shape index (κ1) is 24.9. The molecule has 0 aliphatic carbocycles. The fourth-order valence-corrected chi connectivity index (χ4v) is 5.20. The monoisotopic (exact) mass is 471 g/mol. The number of nitrogens with one attached hydrogen (secondary N) is 2. The third-order valence-electron chi connectivity index (χ3n) is 5.44. The molecular weight excluding hydrogens is 438 g/mol. The Hall–Kier alpha value is -2.71. The molecule has 1 aliphatic heterocycles. The third kappa shape index (κ3) is 7.14. The van der Waals surface area contributed by atoms with Crippen molar-refractivity contribution < 1.29 is 18.0 Å². The zero-order chi connectivity index (χ0) is 24.1. The second-order valence-electron chi connectivity index (χ2n) is 9.44. The van der Waals surface area contributed by atoms with Gasteiger partial charge in [-0.2, -0.15) is 4.31 Å². The van der Waals surface area contributed by atoms with Crippen LogP contribution in [0.5, 0.6) is 0 Å². The van der Waals surface area contributed by atoms with Crippen LogP contribution >= 0.6 is 0 Å². The highest BCUT2D eigenvalue weighted by Crippen LogP contribution is 2.21. The SMILES string of the molecule is CC(C)(C)NC(=O)c1ccc(NC(=O)CCc2ccc(S(=O)(=O)N3CCCCC3)cc2)cc1. The molecular formula is C25H33N3O4S. The molecule has 2 aromatic carbocycles. The molecule has 0 spiro atoms. The Kier molecular flexibility index (Phi) is 7.92. The fraction of sp³-hybridized carbons (Fsp3) is 0.440. The van der Waals surface area contributed by atoms with Gasteiger partial charge in [-0.1, -0.05) is 18.6 Å². The fourth-order valence-electron chi connectivity index (χ4n) is 3.68. The Labute approximate surface area is 196 Å². The standard InChI is InChI=1S/C25H33N3O4S/c1-25(2,3)27-24(30)20-10-12-21(13-11-20)26-23(29)16-9-19-7-14-22(15-8-19)33(31,32)28-17-5-4-6-18-28/h7-8,10-15H,4-6,9,16-18H2,1-3H3,(H,26,29)(H,27,30). The van der Waals surface area contributed by atoms with Gasteiger partial charge < -0.3 is 10.6 Å². The first-order valence-corrected chi connectivity index (χ1v) is 12.8. The number of sulfonamides is 1. The van der Waals surface area contributed by atoms with E-state index in [1.54, 1.807) is 52.8 Å². The molecule has 2 N–H and O–H groups in total. The molecule has 2 amide bonds. The van der Waals surface area contributed by atoms with E-state index in [1.807, 2.05) is 20.8 Å². The third-order valence-corrected chi connectivity index (χ3v) is 7.35. The molecule has 0 bridgehead atoms. The lowest BCUT2D eigenvalue weighted by Gasteiger charge is -2.25. The molecule has 33 heavy (non-hydrogen) atoms. The molecule has 1 aliphatic rings. The van der Waals surface area contributed by atoms with Crippen molar-refractivity contribution in [3.63, 3.8) is 0 Å². The number of piperidine rings is 1. The van der Waals surface area contributed by atoms with Crippen LogP contribution in [0.1, 0.15) is 62.4 Å². The van der Waals surface area contributed by atoms with Gasteiger partial charge in [0.25, 0.3) is 5.91 Å². The van der Waals surface area contributed by atoms with E-state index in [2.05, 4.69) is 10.6 Å². The topological polar surface area (TPSA) is 95.6 Å². The van der Waals surface area contributed by atoms with Crippen molar-refractivity contribution in [1.29, 1.82) is 0 Å². The van der Waals surface area contributed by atoms with E-state index in [0.717, 1.165) is 24.8 Å². The summed E-state index contributed by atoms with van der Waals surface area (Å²) < 4.78 is 27.0. The molecule has 0 saturated carbocycles. The summed E-state index contributed by atoms with van der Waals surface area (Å²) in [6.07, 6.45) is 3.65. The summed E-state index contributed by atoms with van der Waals surface area (Å²) in [7, 11) is -3.45. The molecule has 0 radical (unpaired) electrons. The number of carbonyl (C=O) groups excluding carboxylic acids is 2. The van der Waals surface area contributed by atoms with Crippen LogP contribution in [0.25, 0.3) is 0 Å². The minimum atomic E-state index is -3.45. The zero-order valence-corrected chi connectivity index (χ0v) is 20.4. The van der Waals surface area contributed by atoms with E-state index in [-0.39, 0.29) is 23.8 Å². The number of carbonyl (C=O) groups is 2. The molecule has 1 saturated heterocycles. The normalized spacial score (nSPS) is 15.1. The van der Waals surface area contributed by atoms with E-state index in [1.165, 1.54) is 0 Å². The Bertz CT molecular complexity index is 1070. The molecule has 178 valence electrons. The molecule has 0 unspecified atom stereocenters. The number of benzene rings is 2. The van der Waals surface area contributed by atoms with Crippen LogP contribution < -0.4 is 10.6 Å². The van der Waals surface area contributed by atoms with Crippen LogP contribution in [0, 0.1) is 0 Å². The largest absolute Gasteiger partial charge is 0.347 e. The zero-order valence-electron chi connectivity index (χ0n) is 19.6. The molecule has 0 aromatic heterocycles. The minimum absolute atomic E-state index is 0.146. The number of nitrogens with zero attached hydrogens (tertiary/aromatic N) is 1. The van der Waals surface area contributed by atoms with E-state index in [0.29, 0.717) is 35.7 Å². The van der Waals surface area contributed by atoms with Crippen molar-refractivity contribution >= 4 is 27.5 Å². The highest BCUT2D eigenvalue weighted by Gasteiger charge is 2.25. The summed E-state index contributed by atoms with van der Waals surface area (Å²) in [5.41, 5.74) is 1.73. The number of rotatable bonds is 7. The maximum Gasteiger partial charge on any atom is 0.251 e. The van der Waals surface area contributed by atoms with E-state index in [4.69, 9.17) is 0 Å². The Balaban J connectivity index is 1.51. The molecule has 0 atom stereocenters. The molecule has 2 aromatic rings. The molecule has 8 heteroatoms. The first-order valence-electron chi connectivity index (χ1n) is 11.4. The van der Waals surface area contributed by atoms with Crippen molar-refractivity contribution in [2.24, 2.45) is 0 Å². The highest BCUT2D eigenvalue weighted by atomic mass is 32.2. The predicted octanol–water partition coefficient (Wildman–Crippen LogP) is 3.96. The summed E-state index contributed by atoms with van der Waals surface area (Å²) in [5, 5.41) is 5.73. The maximum absolute atomic E-state index is 12.7. The van der Waals surface area contributed by atoms with Gasteiger partial charge in [-0.05, 0) is 82.0 Å². The maximum atomic E-state index is 12.7. The average Bonchev–Trinajstić information content (AvgIpc) is 2.78. The number of aryl methyl sites for hydroxylation is 1. The highest BCUT2D eigenvalue weighted by molar-refractivity contribution is 7.89. The Morgan fingerprint density at radius 2 is 1.52 bits per heavy atom. The molecule has 1 fully saturated rings. The second-order valence-corrected chi connectivity index (χ2v) is 11.4. The smallest absolute Gasteiger partial charge is 0.251 e. The van der Waals surface area contributed by atoms with Gasteiger partial charge in [0.15, 0.2) is 0 Å². The summed E-state index contributed by atoms with van der Waals surface area (Å²) in [5.74, 6) is -0.307. The molecule has 7 nitrogen and oxygen atoms in total. The molecule has 3 rings (SSSR count). The van der Waals surface area contributed by atoms with E-state index < -0.39 is 10.0 Å². The van der Waals surface area contributed by atoms with Gasteiger partial charge in [0.2, 0.25) is 15.9 Å². The summed E-state index contributed by atoms with van der Waals surface area (Å²) >= 11 is 0. The number of hydrogen-bond acceptors (Lipinski definition) is 4. The van der Waals surface area contributed by atoms with Crippen LogP contribution in [-0.4, -0.2) is 43.2 Å². The van der Waals surface area contributed by atoms with Crippen molar-refractivity contribution in [2.75, 3.05) is 18.4 Å². The molecule has 1 heterocycles. The Morgan fingerprint density at radius 3 is 2.09 bits per heavy atom. The van der Waals surface area contributed by atoms with Crippen molar-refractivity contribution in [1.82, 2.24) is 9.62 Å². The van der Waals surface area contributed by atoms with Gasteiger partial charge in [-0.25, -0.2) is 8.42 Å². The lowest BCUT2D eigenvalue weighted by Crippen LogP contribution is -2.40. The first-order chi connectivity index (χ1) is 15.5. The summed E-state index contributed by atoms with van der Waals surface area (Å²) in [6, 6.07) is 13.6. The number of amides is 2. The van der Waals surface area contributed by atoms with E-state index >= 15 is 0 Å². The average molecular weight is 472 g/mol. The van der Waals surface area contributed by atoms with Gasteiger partial charge in [-0.15, -0.1) is 0 Å². The Morgan fingerprint density at radius 1 is 0.909 bits per heavy atom. The lowest BCUT2D eigenvalue weighted by molar-refractivity contribution is -0.116. The van der Waals surface area contributed by atoms with E-state index in [9.17, 15) is 18.0 Å². The number of hydrogen-bond donors (Lipinski definition) is 2. The van der Waals surface area contributed by atoms with Gasteiger partial charge in [-0.3, -0.25) is 9.59 Å². The van der Waals surface area contributed by atoms with Gasteiger partial charge in [0, 0.05) is 36.3 Å². The lowest BCUT2D eigenvalue weighted by atomic mass is 10.1. The van der Waals surface area contributed by atoms with Crippen LogP contribution in [0.4, 0.5) is 5.69 Å². The minimum Gasteiger partial charge on any atom is -0.347 e. The van der Waals surface area contributed by atoms with Gasteiger partial charge >= 0.3 is 0 Å². The van der Waals surface area contributed by atoms with Crippen LogP contribution in [0.2, 0.25) is 0 Å². The predicted molar refractivity (Wildman–Crippen MR) is 130 cm³/mol. The van der Waals surface area contributed by atoms with Crippen molar-refractivity contribution in [3.05, 3.63) is 59.7 Å². The second kappa shape index (κ2) is 10.5. The van der Waals surface area contributed by atoms with Gasteiger partial charge in [0.1, 0.15) is 0 Å². The van der Waals surface area contributed by atoms with Crippen LogP contribution in [-0.2, 0) is 21.2 Å².